The number of piperidine rings is 1. The highest BCUT2D eigenvalue weighted by Gasteiger charge is 2.40. The summed E-state index contributed by atoms with van der Waals surface area (Å²) in [6.45, 7) is 4.98. The molecular weight excluding hydrogens is 164 g/mol. The third-order valence-corrected chi connectivity index (χ3v) is 3.83. The van der Waals surface area contributed by atoms with E-state index in [9.17, 15) is 0 Å². The Morgan fingerprint density at radius 3 is 2.77 bits per heavy atom. The van der Waals surface area contributed by atoms with Crippen molar-refractivity contribution in [3.8, 4) is 0 Å². The van der Waals surface area contributed by atoms with Crippen LogP contribution in [0, 0.1) is 11.3 Å². The quantitative estimate of drug-likeness (QED) is 0.618. The molecule has 0 aliphatic carbocycles. The molecule has 3 N–H and O–H groups in total. The Kier molecular flexibility index (Phi) is 2.86. The Hall–Kier alpha value is -0.120. The summed E-state index contributed by atoms with van der Waals surface area (Å²) in [4.78, 5) is 0. The summed E-state index contributed by atoms with van der Waals surface area (Å²) in [6.07, 6.45) is 3.73. The van der Waals surface area contributed by atoms with Crippen molar-refractivity contribution in [3.63, 3.8) is 0 Å². The minimum absolute atomic E-state index is 0.512. The van der Waals surface area contributed by atoms with E-state index >= 15 is 0 Å². The van der Waals surface area contributed by atoms with E-state index in [1.807, 2.05) is 0 Å². The Morgan fingerprint density at radius 2 is 2.08 bits per heavy atom. The van der Waals surface area contributed by atoms with E-state index in [2.05, 4.69) is 5.32 Å². The van der Waals surface area contributed by atoms with Gasteiger partial charge in [0.25, 0.3) is 0 Å². The van der Waals surface area contributed by atoms with E-state index in [0.29, 0.717) is 11.3 Å². The second-order valence-corrected chi connectivity index (χ2v) is 4.36. The van der Waals surface area contributed by atoms with Crippen LogP contribution in [0.3, 0.4) is 0 Å². The van der Waals surface area contributed by atoms with Crippen LogP contribution >= 0.6 is 0 Å². The number of ether oxygens (including phenoxy) is 1. The Labute approximate surface area is 80.0 Å². The highest BCUT2D eigenvalue weighted by Crippen LogP contribution is 2.42. The molecule has 0 aromatic rings. The average molecular weight is 184 g/mol. The molecule has 0 radical (unpaired) electrons. The molecule has 3 heteroatoms. The SMILES string of the molecule is NCC1CNCCC12CCOCC2. The number of hydrogen-bond donors (Lipinski definition) is 2. The molecule has 2 aliphatic rings. The van der Waals surface area contributed by atoms with Gasteiger partial charge in [0.15, 0.2) is 0 Å². The normalized spacial score (nSPS) is 33.5. The van der Waals surface area contributed by atoms with Crippen LogP contribution in [0.4, 0.5) is 0 Å². The van der Waals surface area contributed by atoms with Crippen molar-refractivity contribution in [1.29, 1.82) is 0 Å². The molecule has 1 spiro atoms. The molecule has 0 aromatic heterocycles. The minimum Gasteiger partial charge on any atom is -0.381 e. The molecule has 0 amide bonds. The maximum atomic E-state index is 5.83. The molecule has 3 nitrogen and oxygen atoms in total. The first-order chi connectivity index (χ1) is 6.37. The van der Waals surface area contributed by atoms with Gasteiger partial charge in [0, 0.05) is 13.2 Å². The van der Waals surface area contributed by atoms with Crippen molar-refractivity contribution in [1.82, 2.24) is 5.32 Å². The summed E-state index contributed by atoms with van der Waals surface area (Å²) in [5.41, 5.74) is 6.34. The molecule has 0 bridgehead atoms. The smallest absolute Gasteiger partial charge is 0.0471 e. The van der Waals surface area contributed by atoms with Crippen molar-refractivity contribution in [2.24, 2.45) is 17.1 Å². The first-order valence-corrected chi connectivity index (χ1v) is 5.36. The summed E-state index contributed by atoms with van der Waals surface area (Å²) in [6, 6.07) is 0. The van der Waals surface area contributed by atoms with Gasteiger partial charge in [-0.3, -0.25) is 0 Å². The van der Waals surface area contributed by atoms with Gasteiger partial charge in [-0.25, -0.2) is 0 Å². The van der Waals surface area contributed by atoms with Crippen molar-refractivity contribution < 1.29 is 4.74 Å². The fourth-order valence-corrected chi connectivity index (χ4v) is 2.80. The second kappa shape index (κ2) is 3.95. The van der Waals surface area contributed by atoms with Crippen LogP contribution in [0.25, 0.3) is 0 Å². The minimum atomic E-state index is 0.512. The highest BCUT2D eigenvalue weighted by atomic mass is 16.5. The van der Waals surface area contributed by atoms with Crippen molar-refractivity contribution in [2.45, 2.75) is 19.3 Å². The molecule has 2 heterocycles. The molecule has 2 saturated heterocycles. The van der Waals surface area contributed by atoms with Gasteiger partial charge < -0.3 is 15.8 Å². The summed E-state index contributed by atoms with van der Waals surface area (Å²) < 4.78 is 5.43. The van der Waals surface area contributed by atoms with E-state index in [-0.39, 0.29) is 0 Å². The number of rotatable bonds is 1. The van der Waals surface area contributed by atoms with Crippen molar-refractivity contribution in [2.75, 3.05) is 32.8 Å². The van der Waals surface area contributed by atoms with Crippen LogP contribution in [0.2, 0.25) is 0 Å². The highest BCUT2D eigenvalue weighted by molar-refractivity contribution is 4.93. The third-order valence-electron chi connectivity index (χ3n) is 3.83. The molecular formula is C10H20N2O. The molecule has 2 rings (SSSR count). The summed E-state index contributed by atoms with van der Waals surface area (Å²) in [5.74, 6) is 0.671. The zero-order valence-electron chi connectivity index (χ0n) is 8.22. The topological polar surface area (TPSA) is 47.3 Å². The fourth-order valence-electron chi connectivity index (χ4n) is 2.80. The zero-order chi connectivity index (χ0) is 9.15. The van der Waals surface area contributed by atoms with Crippen LogP contribution in [0.5, 0.6) is 0 Å². The lowest BCUT2D eigenvalue weighted by Crippen LogP contribution is -2.50. The van der Waals surface area contributed by atoms with Gasteiger partial charge in [0.2, 0.25) is 0 Å². The lowest BCUT2D eigenvalue weighted by molar-refractivity contribution is -0.0314. The van der Waals surface area contributed by atoms with Crippen LogP contribution in [-0.4, -0.2) is 32.8 Å². The second-order valence-electron chi connectivity index (χ2n) is 4.36. The molecule has 0 aromatic carbocycles. The molecule has 1 atom stereocenters. The van der Waals surface area contributed by atoms with E-state index in [1.165, 1.54) is 19.3 Å². The predicted octanol–water partition coefficient (Wildman–Crippen LogP) is 0.351. The van der Waals surface area contributed by atoms with E-state index < -0.39 is 0 Å². The Bertz CT molecular complexity index is 158. The van der Waals surface area contributed by atoms with Crippen LogP contribution in [0.1, 0.15) is 19.3 Å². The molecule has 13 heavy (non-hydrogen) atoms. The van der Waals surface area contributed by atoms with Gasteiger partial charge in [-0.2, -0.15) is 0 Å². The van der Waals surface area contributed by atoms with Gasteiger partial charge in [0.05, 0.1) is 0 Å². The zero-order valence-corrected chi connectivity index (χ0v) is 8.22. The monoisotopic (exact) mass is 184 g/mol. The van der Waals surface area contributed by atoms with E-state index in [1.54, 1.807) is 0 Å². The van der Waals surface area contributed by atoms with Crippen LogP contribution < -0.4 is 11.1 Å². The summed E-state index contributed by atoms with van der Waals surface area (Å²) >= 11 is 0. The molecule has 76 valence electrons. The molecule has 0 saturated carbocycles. The molecule has 2 fully saturated rings. The number of nitrogens with one attached hydrogen (secondary N) is 1. The maximum Gasteiger partial charge on any atom is 0.0471 e. The largest absolute Gasteiger partial charge is 0.381 e. The molecule has 2 aliphatic heterocycles. The standard InChI is InChI=1S/C10H20N2O/c11-7-9-8-12-4-1-10(9)2-5-13-6-3-10/h9,12H,1-8,11H2. The van der Waals surface area contributed by atoms with Crippen molar-refractivity contribution >= 4 is 0 Å². The van der Waals surface area contributed by atoms with Crippen molar-refractivity contribution in [3.05, 3.63) is 0 Å². The number of hydrogen-bond acceptors (Lipinski definition) is 3. The van der Waals surface area contributed by atoms with Gasteiger partial charge in [-0.15, -0.1) is 0 Å². The van der Waals surface area contributed by atoms with Crippen LogP contribution in [0.15, 0.2) is 0 Å². The van der Waals surface area contributed by atoms with E-state index in [4.69, 9.17) is 10.5 Å². The van der Waals surface area contributed by atoms with Crippen LogP contribution in [-0.2, 0) is 4.74 Å². The van der Waals surface area contributed by atoms with Gasteiger partial charge in [-0.1, -0.05) is 0 Å². The maximum absolute atomic E-state index is 5.83. The molecule has 1 unspecified atom stereocenters. The lowest BCUT2D eigenvalue weighted by atomic mass is 9.66. The first kappa shape index (κ1) is 9.44. The Morgan fingerprint density at radius 1 is 1.31 bits per heavy atom. The van der Waals surface area contributed by atoms with Gasteiger partial charge in [-0.05, 0) is 50.2 Å². The summed E-state index contributed by atoms with van der Waals surface area (Å²) in [5, 5.41) is 3.44. The average Bonchev–Trinajstić information content (AvgIpc) is 2.20. The Balaban J connectivity index is 2.06. The lowest BCUT2D eigenvalue weighted by Gasteiger charge is -2.46. The summed E-state index contributed by atoms with van der Waals surface area (Å²) in [7, 11) is 0. The van der Waals surface area contributed by atoms with Gasteiger partial charge >= 0.3 is 0 Å². The predicted molar refractivity (Wildman–Crippen MR) is 52.5 cm³/mol. The number of nitrogens with two attached hydrogens (primary N) is 1. The van der Waals surface area contributed by atoms with Gasteiger partial charge in [0.1, 0.15) is 0 Å². The third kappa shape index (κ3) is 1.73. The van der Waals surface area contributed by atoms with E-state index in [0.717, 1.165) is 32.8 Å². The fraction of sp³-hybridized carbons (Fsp3) is 1.00. The first-order valence-electron chi connectivity index (χ1n) is 5.36.